The van der Waals surface area contributed by atoms with Gasteiger partial charge in [0.15, 0.2) is 6.29 Å². The van der Waals surface area contributed by atoms with Crippen molar-refractivity contribution in [1.82, 2.24) is 0 Å². The Morgan fingerprint density at radius 3 is 1.88 bits per heavy atom. The van der Waals surface area contributed by atoms with Crippen molar-refractivity contribution < 1.29 is 33.6 Å². The second kappa shape index (κ2) is 13.9. The number of aldehydes is 1. The normalized spacial score (nSPS) is 12.2. The summed E-state index contributed by atoms with van der Waals surface area (Å²) in [5.41, 5.74) is 0.694. The van der Waals surface area contributed by atoms with Crippen LogP contribution in [0.25, 0.3) is 0 Å². The molecule has 0 spiro atoms. The van der Waals surface area contributed by atoms with E-state index in [-0.39, 0.29) is 5.75 Å². The summed E-state index contributed by atoms with van der Waals surface area (Å²) in [6, 6.07) is 6.33. The van der Waals surface area contributed by atoms with E-state index in [2.05, 4.69) is 0 Å². The molecule has 1 rings (SSSR count). The molecule has 1 aromatic rings. The first-order chi connectivity index (χ1) is 11.8. The number of carbonyl (C=O) groups excluding carboxylic acids is 1. The monoisotopic (exact) mass is 342 g/mol. The van der Waals surface area contributed by atoms with Gasteiger partial charge in [-0.25, -0.2) is 0 Å². The molecule has 24 heavy (non-hydrogen) atoms. The highest BCUT2D eigenvalue weighted by Crippen LogP contribution is 2.18. The van der Waals surface area contributed by atoms with Crippen molar-refractivity contribution >= 4 is 6.29 Å². The summed E-state index contributed by atoms with van der Waals surface area (Å²) in [7, 11) is 1.63. The fraction of sp³-hybridized carbons (Fsp3) is 0.588. The van der Waals surface area contributed by atoms with E-state index in [9.17, 15) is 9.90 Å². The molecule has 0 bridgehead atoms. The predicted octanol–water partition coefficient (Wildman–Crippen LogP) is 1.35. The zero-order valence-electron chi connectivity index (χ0n) is 14.0. The molecule has 0 amide bonds. The van der Waals surface area contributed by atoms with Crippen LogP contribution in [0.3, 0.4) is 0 Å². The molecule has 1 aromatic carbocycles. The minimum atomic E-state index is -0.658. The Morgan fingerprint density at radius 2 is 1.38 bits per heavy atom. The van der Waals surface area contributed by atoms with Crippen molar-refractivity contribution in [2.45, 2.75) is 6.10 Å². The van der Waals surface area contributed by atoms with Gasteiger partial charge in [0, 0.05) is 7.11 Å². The Balaban J connectivity index is 1.97. The van der Waals surface area contributed by atoms with Crippen molar-refractivity contribution in [3.05, 3.63) is 29.8 Å². The van der Waals surface area contributed by atoms with E-state index in [0.29, 0.717) is 58.4 Å². The molecule has 1 unspecified atom stereocenters. The molecule has 7 heteroatoms. The highest BCUT2D eigenvalue weighted by molar-refractivity contribution is 5.60. The van der Waals surface area contributed by atoms with Gasteiger partial charge in [0.2, 0.25) is 0 Å². The van der Waals surface area contributed by atoms with Crippen LogP contribution >= 0.6 is 0 Å². The Labute approximate surface area is 142 Å². The Hall–Kier alpha value is -1.51. The second-order valence-corrected chi connectivity index (χ2v) is 4.85. The molecule has 0 fully saturated rings. The molecule has 0 saturated heterocycles. The fourth-order valence-electron chi connectivity index (χ4n) is 1.80. The molecule has 1 N–H and O–H groups in total. The number of hydrogen-bond acceptors (Lipinski definition) is 7. The number of carbonyl (C=O) groups is 1. The zero-order valence-corrected chi connectivity index (χ0v) is 14.0. The second-order valence-electron chi connectivity index (χ2n) is 4.85. The minimum Gasteiger partial charge on any atom is -0.508 e. The van der Waals surface area contributed by atoms with Crippen LogP contribution in [0.5, 0.6) is 5.75 Å². The lowest BCUT2D eigenvalue weighted by atomic mass is 10.1. The summed E-state index contributed by atoms with van der Waals surface area (Å²) < 4.78 is 26.2. The van der Waals surface area contributed by atoms with Gasteiger partial charge >= 0.3 is 0 Å². The lowest BCUT2D eigenvalue weighted by molar-refractivity contribution is -0.119. The first kappa shape index (κ1) is 20.5. The number of phenols is 1. The smallest absolute Gasteiger partial charge is 0.153 e. The molecule has 0 aliphatic rings. The maximum absolute atomic E-state index is 11.1. The number of benzene rings is 1. The van der Waals surface area contributed by atoms with Crippen LogP contribution in [0.15, 0.2) is 24.3 Å². The van der Waals surface area contributed by atoms with Gasteiger partial charge in [0.25, 0.3) is 0 Å². The Kier molecular flexibility index (Phi) is 11.9. The summed E-state index contributed by atoms with van der Waals surface area (Å²) >= 11 is 0. The van der Waals surface area contributed by atoms with Gasteiger partial charge < -0.3 is 33.6 Å². The molecule has 0 saturated carbocycles. The van der Waals surface area contributed by atoms with Gasteiger partial charge in [-0.3, -0.25) is 0 Å². The van der Waals surface area contributed by atoms with Gasteiger partial charge in [0.05, 0.1) is 52.9 Å². The molecule has 0 aliphatic heterocycles. The van der Waals surface area contributed by atoms with E-state index < -0.39 is 6.10 Å². The van der Waals surface area contributed by atoms with Gasteiger partial charge in [-0.1, -0.05) is 12.1 Å². The summed E-state index contributed by atoms with van der Waals surface area (Å²) in [5.74, 6) is 0.149. The Bertz CT molecular complexity index is 421. The van der Waals surface area contributed by atoms with E-state index >= 15 is 0 Å². The fourth-order valence-corrected chi connectivity index (χ4v) is 1.80. The highest BCUT2D eigenvalue weighted by atomic mass is 16.6. The van der Waals surface area contributed by atoms with Gasteiger partial charge in [0.1, 0.15) is 11.9 Å². The van der Waals surface area contributed by atoms with Crippen molar-refractivity contribution in [3.8, 4) is 5.75 Å². The number of ether oxygens (including phenoxy) is 5. The van der Waals surface area contributed by atoms with Crippen LogP contribution in [0.1, 0.15) is 11.7 Å². The van der Waals surface area contributed by atoms with E-state index in [1.54, 1.807) is 19.2 Å². The number of hydrogen-bond donors (Lipinski definition) is 1. The third-order valence-corrected chi connectivity index (χ3v) is 3.05. The summed E-state index contributed by atoms with van der Waals surface area (Å²) in [4.78, 5) is 11.1. The lowest BCUT2D eigenvalue weighted by Gasteiger charge is -2.12. The van der Waals surface area contributed by atoms with E-state index in [4.69, 9.17) is 23.7 Å². The van der Waals surface area contributed by atoms with Gasteiger partial charge in [-0.15, -0.1) is 0 Å². The molecule has 0 aromatic heterocycles. The van der Waals surface area contributed by atoms with Crippen LogP contribution in [-0.4, -0.2) is 71.4 Å². The van der Waals surface area contributed by atoms with Crippen molar-refractivity contribution in [2.75, 3.05) is 60.0 Å². The standard InChI is InChI=1S/C17H26O7/c1-20-6-7-21-8-9-22-10-11-23-12-13-24-17(14-18)15-2-4-16(19)5-3-15/h2-5,14,17,19H,6-13H2,1H3. The van der Waals surface area contributed by atoms with Crippen LogP contribution in [0.2, 0.25) is 0 Å². The number of rotatable bonds is 15. The maximum atomic E-state index is 11.1. The topological polar surface area (TPSA) is 83.5 Å². The average molecular weight is 342 g/mol. The van der Waals surface area contributed by atoms with Crippen molar-refractivity contribution in [2.24, 2.45) is 0 Å². The summed E-state index contributed by atoms with van der Waals surface area (Å²) in [6.07, 6.45) is 0.0636. The van der Waals surface area contributed by atoms with E-state index in [1.807, 2.05) is 0 Å². The molecule has 0 radical (unpaired) electrons. The number of methoxy groups -OCH3 is 1. The average Bonchev–Trinajstić information content (AvgIpc) is 2.60. The molecule has 0 aliphatic carbocycles. The predicted molar refractivity (Wildman–Crippen MR) is 87.2 cm³/mol. The summed E-state index contributed by atoms with van der Waals surface area (Å²) in [6.45, 7) is 3.77. The van der Waals surface area contributed by atoms with Crippen LogP contribution in [-0.2, 0) is 28.5 Å². The zero-order chi connectivity index (χ0) is 17.5. The van der Waals surface area contributed by atoms with Crippen molar-refractivity contribution in [1.29, 1.82) is 0 Å². The molecule has 1 atom stereocenters. The first-order valence-electron chi connectivity index (χ1n) is 7.86. The molecule has 7 nitrogen and oxygen atoms in total. The quantitative estimate of drug-likeness (QED) is 0.380. The number of aromatic hydroxyl groups is 1. The van der Waals surface area contributed by atoms with Gasteiger partial charge in [-0.05, 0) is 17.7 Å². The lowest BCUT2D eigenvalue weighted by Crippen LogP contribution is -2.14. The van der Waals surface area contributed by atoms with E-state index in [0.717, 1.165) is 6.29 Å². The minimum absolute atomic E-state index is 0.149. The third-order valence-electron chi connectivity index (χ3n) is 3.05. The highest BCUT2D eigenvalue weighted by Gasteiger charge is 2.10. The largest absolute Gasteiger partial charge is 0.508 e. The van der Waals surface area contributed by atoms with Crippen LogP contribution < -0.4 is 0 Å². The van der Waals surface area contributed by atoms with Crippen LogP contribution in [0.4, 0.5) is 0 Å². The van der Waals surface area contributed by atoms with E-state index in [1.165, 1.54) is 12.1 Å². The summed E-state index contributed by atoms with van der Waals surface area (Å²) in [5, 5.41) is 9.23. The maximum Gasteiger partial charge on any atom is 0.153 e. The first-order valence-corrected chi connectivity index (χ1v) is 7.86. The number of phenolic OH excluding ortho intramolecular Hbond substituents is 1. The molecular weight excluding hydrogens is 316 g/mol. The van der Waals surface area contributed by atoms with Gasteiger partial charge in [-0.2, -0.15) is 0 Å². The van der Waals surface area contributed by atoms with Crippen molar-refractivity contribution in [3.63, 3.8) is 0 Å². The Morgan fingerprint density at radius 1 is 0.875 bits per heavy atom. The molecule has 0 heterocycles. The molecule has 136 valence electrons. The molecular formula is C17H26O7. The third kappa shape index (κ3) is 9.59. The SMILES string of the molecule is COCCOCCOCCOCCOC(C=O)c1ccc(O)cc1. The van der Waals surface area contributed by atoms with Crippen LogP contribution in [0, 0.1) is 0 Å².